The zero-order valence-corrected chi connectivity index (χ0v) is 16.9. The van der Waals surface area contributed by atoms with Crippen LogP contribution in [0.25, 0.3) is 5.76 Å². The Hall–Kier alpha value is -4.00. The molecule has 1 fully saturated rings. The van der Waals surface area contributed by atoms with E-state index in [-0.39, 0.29) is 17.9 Å². The highest BCUT2D eigenvalue weighted by Gasteiger charge is 2.63. The average molecular weight is 419 g/mol. The third-order valence-corrected chi connectivity index (χ3v) is 4.99. The fourth-order valence-electron chi connectivity index (χ4n) is 3.65. The predicted octanol–water partition coefficient (Wildman–Crippen LogP) is 3.02. The number of benzene rings is 2. The Morgan fingerprint density at radius 2 is 1.65 bits per heavy atom. The Morgan fingerprint density at radius 1 is 1.06 bits per heavy atom. The summed E-state index contributed by atoms with van der Waals surface area (Å²) in [5.41, 5.74) is -2.26. The summed E-state index contributed by atoms with van der Waals surface area (Å²) in [6.07, 6.45) is 0.378. The first kappa shape index (κ1) is 21.7. The van der Waals surface area contributed by atoms with Crippen LogP contribution in [0.3, 0.4) is 0 Å². The van der Waals surface area contributed by atoms with Gasteiger partial charge in [0.05, 0.1) is 12.2 Å². The van der Waals surface area contributed by atoms with Crippen molar-refractivity contribution in [3.63, 3.8) is 0 Å². The number of rotatable bonds is 7. The molecule has 31 heavy (non-hydrogen) atoms. The summed E-state index contributed by atoms with van der Waals surface area (Å²) in [6, 6.07) is 16.0. The number of aliphatic hydroxyl groups is 1. The lowest BCUT2D eigenvalue weighted by Gasteiger charge is -2.35. The zero-order chi connectivity index (χ0) is 22.6. The highest BCUT2D eigenvalue weighted by Crippen LogP contribution is 2.44. The summed E-state index contributed by atoms with van der Waals surface area (Å²) >= 11 is 0. The topological polar surface area (TPSA) is 101 Å². The standard InChI is InChI=1S/C24H21NO6/c1-3-18(26)15-24(23(30)31-4-2)19(20(27)16-11-7-5-8-12-16)21(28)22(29)25(24)17-13-9-6-10-14-17/h3,5-14,27H,1,4,15H2,2H3/b20-19-/t24-/m1/s1. The van der Waals surface area contributed by atoms with Crippen molar-refractivity contribution in [2.75, 3.05) is 11.5 Å². The van der Waals surface area contributed by atoms with Gasteiger partial charge < -0.3 is 9.84 Å². The summed E-state index contributed by atoms with van der Waals surface area (Å²) in [5, 5.41) is 11.0. The van der Waals surface area contributed by atoms with Gasteiger partial charge in [-0.1, -0.05) is 55.1 Å². The number of nitrogens with zero attached hydrogens (tertiary/aromatic N) is 1. The molecule has 1 atom stereocenters. The monoisotopic (exact) mass is 419 g/mol. The number of carbonyl (C=O) groups is 4. The van der Waals surface area contributed by atoms with Crippen molar-refractivity contribution in [1.29, 1.82) is 0 Å². The minimum atomic E-state index is -2.18. The number of anilines is 1. The van der Waals surface area contributed by atoms with Crippen LogP contribution >= 0.6 is 0 Å². The van der Waals surface area contributed by atoms with Crippen molar-refractivity contribution in [3.05, 3.63) is 84.5 Å². The summed E-state index contributed by atoms with van der Waals surface area (Å²) in [6.45, 7) is 4.93. The number of hydrogen-bond donors (Lipinski definition) is 1. The summed E-state index contributed by atoms with van der Waals surface area (Å²) in [7, 11) is 0. The average Bonchev–Trinajstić information content (AvgIpc) is 3.01. The van der Waals surface area contributed by atoms with Gasteiger partial charge in [0.1, 0.15) is 5.76 Å². The smallest absolute Gasteiger partial charge is 0.337 e. The maximum Gasteiger partial charge on any atom is 0.337 e. The van der Waals surface area contributed by atoms with Gasteiger partial charge in [-0.25, -0.2) is 4.79 Å². The van der Waals surface area contributed by atoms with E-state index in [4.69, 9.17) is 4.74 Å². The molecule has 0 aromatic heterocycles. The van der Waals surface area contributed by atoms with Crippen LogP contribution in [0, 0.1) is 0 Å². The van der Waals surface area contributed by atoms with Crippen LogP contribution in [0.5, 0.6) is 0 Å². The summed E-state index contributed by atoms with van der Waals surface area (Å²) in [4.78, 5) is 53.0. The molecule has 1 amide bonds. The quantitative estimate of drug-likeness (QED) is 0.320. The molecule has 0 aliphatic carbocycles. The van der Waals surface area contributed by atoms with Crippen molar-refractivity contribution < 1.29 is 29.0 Å². The fraction of sp³-hybridized carbons (Fsp3) is 0.167. The summed E-state index contributed by atoms with van der Waals surface area (Å²) < 4.78 is 5.22. The van der Waals surface area contributed by atoms with Gasteiger partial charge in [0.2, 0.25) is 0 Å². The number of hydrogen-bond acceptors (Lipinski definition) is 6. The van der Waals surface area contributed by atoms with Crippen LogP contribution in [0.15, 0.2) is 78.9 Å². The number of para-hydroxylation sites is 1. The van der Waals surface area contributed by atoms with E-state index in [1.807, 2.05) is 0 Å². The van der Waals surface area contributed by atoms with Crippen molar-refractivity contribution in [3.8, 4) is 0 Å². The van der Waals surface area contributed by atoms with Crippen LogP contribution in [0.2, 0.25) is 0 Å². The van der Waals surface area contributed by atoms with Gasteiger partial charge in [-0.15, -0.1) is 0 Å². The molecule has 3 rings (SSSR count). The van der Waals surface area contributed by atoms with Gasteiger partial charge in [-0.3, -0.25) is 19.3 Å². The second kappa shape index (κ2) is 8.79. The maximum atomic E-state index is 13.3. The van der Waals surface area contributed by atoms with Gasteiger partial charge in [-0.05, 0) is 25.1 Å². The molecule has 2 aromatic rings. The molecule has 158 valence electrons. The second-order valence-corrected chi connectivity index (χ2v) is 6.82. The van der Waals surface area contributed by atoms with Crippen LogP contribution in [0.1, 0.15) is 18.9 Å². The molecule has 7 heteroatoms. The van der Waals surface area contributed by atoms with Crippen LogP contribution in [-0.2, 0) is 23.9 Å². The van der Waals surface area contributed by atoms with E-state index in [0.717, 1.165) is 11.0 Å². The number of ether oxygens (including phenoxy) is 1. The van der Waals surface area contributed by atoms with Gasteiger partial charge in [0, 0.05) is 17.7 Å². The van der Waals surface area contributed by atoms with E-state index >= 15 is 0 Å². The maximum absolute atomic E-state index is 13.3. The lowest BCUT2D eigenvalue weighted by Crippen LogP contribution is -2.55. The Morgan fingerprint density at radius 3 is 2.19 bits per heavy atom. The molecular weight excluding hydrogens is 398 g/mol. The van der Waals surface area contributed by atoms with Crippen molar-refractivity contribution >= 4 is 34.9 Å². The SMILES string of the molecule is C=CC(=O)C[C@]1(C(=O)OCC)/C(=C(\O)c2ccccc2)C(=O)C(=O)N1c1ccccc1. The molecule has 1 N–H and O–H groups in total. The van der Waals surface area contributed by atoms with Crippen molar-refractivity contribution in [2.24, 2.45) is 0 Å². The summed E-state index contributed by atoms with van der Waals surface area (Å²) in [5.74, 6) is -4.30. The third kappa shape index (κ3) is 3.66. The normalized spacial score (nSPS) is 19.8. The van der Waals surface area contributed by atoms with E-state index in [0.29, 0.717) is 0 Å². The van der Waals surface area contributed by atoms with E-state index in [1.54, 1.807) is 43.3 Å². The molecule has 0 saturated carbocycles. The number of carbonyl (C=O) groups excluding carboxylic acids is 4. The van der Waals surface area contributed by atoms with Crippen molar-refractivity contribution in [2.45, 2.75) is 18.9 Å². The molecule has 7 nitrogen and oxygen atoms in total. The number of esters is 1. The first-order valence-corrected chi connectivity index (χ1v) is 9.64. The van der Waals surface area contributed by atoms with Crippen molar-refractivity contribution in [1.82, 2.24) is 0 Å². The first-order chi connectivity index (χ1) is 14.9. The molecule has 2 aromatic carbocycles. The number of allylic oxidation sites excluding steroid dienone is 1. The first-order valence-electron chi connectivity index (χ1n) is 9.64. The molecule has 0 bridgehead atoms. The van der Waals surface area contributed by atoms with Gasteiger partial charge in [0.15, 0.2) is 11.3 Å². The molecule has 1 aliphatic heterocycles. The Bertz CT molecular complexity index is 1070. The number of ketones is 2. The third-order valence-electron chi connectivity index (χ3n) is 4.99. The fourth-order valence-corrected chi connectivity index (χ4v) is 3.65. The zero-order valence-electron chi connectivity index (χ0n) is 16.9. The van der Waals surface area contributed by atoms with Crippen LogP contribution in [0.4, 0.5) is 5.69 Å². The van der Waals surface area contributed by atoms with E-state index in [2.05, 4.69) is 6.58 Å². The predicted molar refractivity (Wildman–Crippen MR) is 114 cm³/mol. The van der Waals surface area contributed by atoms with Crippen LogP contribution in [-0.4, -0.2) is 40.7 Å². The number of Topliss-reactive ketones (excluding diaryl/α,β-unsaturated/α-hetero) is 1. The number of amides is 1. The number of aliphatic hydroxyl groups excluding tert-OH is 1. The van der Waals surface area contributed by atoms with E-state index < -0.39 is 46.7 Å². The van der Waals surface area contributed by atoms with E-state index in [1.165, 1.54) is 24.3 Å². The minimum absolute atomic E-state index is 0.0622. The molecule has 1 heterocycles. The molecule has 1 aliphatic rings. The Labute approximate surface area is 179 Å². The lowest BCUT2D eigenvalue weighted by atomic mass is 9.82. The van der Waals surface area contributed by atoms with Gasteiger partial charge in [-0.2, -0.15) is 0 Å². The lowest BCUT2D eigenvalue weighted by molar-refractivity contribution is -0.149. The molecule has 0 spiro atoms. The molecule has 1 saturated heterocycles. The highest BCUT2D eigenvalue weighted by molar-refractivity contribution is 6.54. The second-order valence-electron chi connectivity index (χ2n) is 6.82. The van der Waals surface area contributed by atoms with E-state index in [9.17, 15) is 24.3 Å². The Kier molecular flexibility index (Phi) is 6.15. The minimum Gasteiger partial charge on any atom is -0.507 e. The van der Waals surface area contributed by atoms with Gasteiger partial charge >= 0.3 is 11.9 Å². The molecule has 0 unspecified atom stereocenters. The largest absolute Gasteiger partial charge is 0.507 e. The molecular formula is C24H21NO6. The van der Waals surface area contributed by atoms with Crippen LogP contribution < -0.4 is 4.90 Å². The highest BCUT2D eigenvalue weighted by atomic mass is 16.5. The molecule has 0 radical (unpaired) electrons. The van der Waals surface area contributed by atoms with Gasteiger partial charge in [0.25, 0.3) is 5.78 Å². The Balaban J connectivity index is 2.40.